The third-order valence-corrected chi connectivity index (χ3v) is 3.08. The first kappa shape index (κ1) is 12.6. The molecule has 0 saturated carbocycles. The number of nitrogens with zero attached hydrogens (tertiary/aromatic N) is 1. The van der Waals surface area contributed by atoms with Crippen LogP contribution in [0.15, 0.2) is 41.0 Å². The molecule has 0 radical (unpaired) electrons. The highest BCUT2D eigenvalue weighted by Gasteiger charge is 2.06. The van der Waals surface area contributed by atoms with Gasteiger partial charge in [0.25, 0.3) is 0 Å². The van der Waals surface area contributed by atoms with Crippen LogP contribution in [0.25, 0.3) is 0 Å². The Hall–Kier alpha value is -1.88. The number of pyridine rings is 1. The quantitative estimate of drug-likeness (QED) is 0.909. The number of aromatic carboxylic acids is 1. The van der Waals surface area contributed by atoms with Crippen molar-refractivity contribution in [3.8, 4) is 0 Å². The smallest absolute Gasteiger partial charge is 0.335 e. The lowest BCUT2D eigenvalue weighted by Gasteiger charge is -2.09. The van der Waals surface area contributed by atoms with Crippen molar-refractivity contribution in [3.05, 3.63) is 52.1 Å². The number of benzene rings is 1. The number of hydrogen-bond donors (Lipinski definition) is 2. The topological polar surface area (TPSA) is 62.2 Å². The molecule has 0 bridgehead atoms. The molecule has 0 spiro atoms. The largest absolute Gasteiger partial charge is 0.478 e. The normalized spacial score (nSPS) is 10.1. The minimum Gasteiger partial charge on any atom is -0.478 e. The molecule has 0 fully saturated rings. The zero-order valence-corrected chi connectivity index (χ0v) is 11.2. The number of hydrogen-bond acceptors (Lipinski definition) is 3. The number of aryl methyl sites for hydroxylation is 1. The zero-order valence-electron chi connectivity index (χ0n) is 9.64. The summed E-state index contributed by atoms with van der Waals surface area (Å²) in [6, 6.07) is 8.82. The highest BCUT2D eigenvalue weighted by Crippen LogP contribution is 2.26. The summed E-state index contributed by atoms with van der Waals surface area (Å²) in [6.07, 6.45) is 1.47. The third kappa shape index (κ3) is 2.87. The van der Waals surface area contributed by atoms with Crippen molar-refractivity contribution in [2.75, 3.05) is 5.32 Å². The van der Waals surface area contributed by atoms with E-state index in [1.165, 1.54) is 18.3 Å². The maximum atomic E-state index is 10.9. The number of nitrogens with one attached hydrogen (secondary N) is 1. The van der Waals surface area contributed by atoms with Crippen LogP contribution in [0.5, 0.6) is 0 Å². The van der Waals surface area contributed by atoms with Crippen molar-refractivity contribution in [3.63, 3.8) is 0 Å². The van der Waals surface area contributed by atoms with Crippen molar-refractivity contribution >= 4 is 33.4 Å². The Bertz CT molecular complexity index is 599. The molecule has 2 N–H and O–H groups in total. The Balaban J connectivity index is 2.31. The van der Waals surface area contributed by atoms with Crippen LogP contribution in [0.4, 0.5) is 11.5 Å². The van der Waals surface area contributed by atoms with Gasteiger partial charge in [-0.1, -0.05) is 6.07 Å². The second-order valence-electron chi connectivity index (χ2n) is 3.84. The van der Waals surface area contributed by atoms with Gasteiger partial charge in [0.2, 0.25) is 0 Å². The summed E-state index contributed by atoms with van der Waals surface area (Å²) in [5.74, 6) is -0.468. The van der Waals surface area contributed by atoms with E-state index in [0.29, 0.717) is 5.82 Å². The van der Waals surface area contributed by atoms with Crippen LogP contribution in [0.1, 0.15) is 15.9 Å². The Morgan fingerprint density at radius 1 is 1.33 bits per heavy atom. The SMILES string of the molecule is Cc1ccc(Br)c(Nc2cc(C(=O)O)ccn2)c1. The molecule has 0 aliphatic carbocycles. The molecule has 1 heterocycles. The number of carbonyl (C=O) groups is 1. The fourth-order valence-corrected chi connectivity index (χ4v) is 1.85. The molecule has 2 rings (SSSR count). The van der Waals surface area contributed by atoms with Crippen molar-refractivity contribution in [1.29, 1.82) is 0 Å². The van der Waals surface area contributed by atoms with Gasteiger partial charge in [-0.05, 0) is 52.7 Å². The van der Waals surface area contributed by atoms with Gasteiger partial charge >= 0.3 is 5.97 Å². The minimum atomic E-state index is -0.969. The van der Waals surface area contributed by atoms with Gasteiger partial charge in [-0.25, -0.2) is 9.78 Å². The third-order valence-electron chi connectivity index (χ3n) is 2.39. The van der Waals surface area contributed by atoms with Gasteiger partial charge in [-0.3, -0.25) is 0 Å². The molecule has 0 atom stereocenters. The van der Waals surface area contributed by atoms with Crippen LogP contribution in [0, 0.1) is 6.92 Å². The van der Waals surface area contributed by atoms with E-state index in [4.69, 9.17) is 5.11 Å². The van der Waals surface area contributed by atoms with E-state index in [1.807, 2.05) is 25.1 Å². The summed E-state index contributed by atoms with van der Waals surface area (Å²) >= 11 is 3.43. The van der Waals surface area contributed by atoms with Gasteiger partial charge in [-0.2, -0.15) is 0 Å². The summed E-state index contributed by atoms with van der Waals surface area (Å²) in [6.45, 7) is 1.98. The van der Waals surface area contributed by atoms with E-state index in [9.17, 15) is 4.79 Å². The van der Waals surface area contributed by atoms with Crippen LogP contribution in [-0.4, -0.2) is 16.1 Å². The molecule has 0 saturated heterocycles. The molecule has 0 unspecified atom stereocenters. The average molecular weight is 307 g/mol. The van der Waals surface area contributed by atoms with E-state index in [2.05, 4.69) is 26.2 Å². The molecule has 4 nitrogen and oxygen atoms in total. The summed E-state index contributed by atoms with van der Waals surface area (Å²) in [4.78, 5) is 15.0. The summed E-state index contributed by atoms with van der Waals surface area (Å²) < 4.78 is 0.899. The number of halogens is 1. The van der Waals surface area contributed by atoms with E-state index in [-0.39, 0.29) is 5.56 Å². The number of aromatic nitrogens is 1. The van der Waals surface area contributed by atoms with Gasteiger partial charge in [0.1, 0.15) is 5.82 Å². The van der Waals surface area contributed by atoms with Gasteiger partial charge < -0.3 is 10.4 Å². The standard InChI is InChI=1S/C13H11BrN2O2/c1-8-2-3-10(14)11(6-8)16-12-7-9(13(17)18)4-5-15-12/h2-7H,1H3,(H,15,16)(H,17,18). The monoisotopic (exact) mass is 306 g/mol. The second-order valence-corrected chi connectivity index (χ2v) is 4.70. The molecular weight excluding hydrogens is 296 g/mol. The minimum absolute atomic E-state index is 0.205. The van der Waals surface area contributed by atoms with Gasteiger partial charge in [0.05, 0.1) is 11.3 Å². The van der Waals surface area contributed by atoms with Gasteiger partial charge in [0.15, 0.2) is 0 Å². The van der Waals surface area contributed by atoms with E-state index >= 15 is 0 Å². The van der Waals surface area contributed by atoms with Crippen LogP contribution < -0.4 is 5.32 Å². The summed E-state index contributed by atoms with van der Waals surface area (Å²) in [5, 5.41) is 12.0. The number of carboxylic acid groups (broad SMARTS) is 1. The van der Waals surface area contributed by atoms with Crippen LogP contribution in [0.2, 0.25) is 0 Å². The van der Waals surface area contributed by atoms with Crippen molar-refractivity contribution < 1.29 is 9.90 Å². The van der Waals surface area contributed by atoms with Crippen LogP contribution in [0.3, 0.4) is 0 Å². The molecule has 18 heavy (non-hydrogen) atoms. The van der Waals surface area contributed by atoms with Gasteiger partial charge in [-0.15, -0.1) is 0 Å². The summed E-state index contributed by atoms with van der Waals surface area (Å²) in [5.41, 5.74) is 2.16. The van der Waals surface area contributed by atoms with Gasteiger partial charge in [0, 0.05) is 10.7 Å². The van der Waals surface area contributed by atoms with Crippen LogP contribution >= 0.6 is 15.9 Å². The first-order chi connectivity index (χ1) is 8.56. The van der Waals surface area contributed by atoms with Crippen LogP contribution in [-0.2, 0) is 0 Å². The molecule has 0 aliphatic rings. The molecule has 1 aromatic carbocycles. The maximum Gasteiger partial charge on any atom is 0.335 e. The number of carboxylic acids is 1. The molecular formula is C13H11BrN2O2. The Morgan fingerprint density at radius 3 is 2.83 bits per heavy atom. The predicted octanol–water partition coefficient (Wildman–Crippen LogP) is 3.59. The lowest BCUT2D eigenvalue weighted by atomic mass is 10.2. The lowest BCUT2D eigenvalue weighted by molar-refractivity contribution is 0.0697. The highest BCUT2D eigenvalue weighted by molar-refractivity contribution is 9.10. The van der Waals surface area contributed by atoms with E-state index in [1.54, 1.807) is 0 Å². The first-order valence-corrected chi connectivity index (χ1v) is 6.08. The van der Waals surface area contributed by atoms with E-state index in [0.717, 1.165) is 15.7 Å². The number of rotatable bonds is 3. The molecule has 1 aromatic heterocycles. The molecule has 5 heteroatoms. The first-order valence-electron chi connectivity index (χ1n) is 5.29. The van der Waals surface area contributed by atoms with Crippen molar-refractivity contribution in [2.24, 2.45) is 0 Å². The Labute approximate surface area is 113 Å². The predicted molar refractivity (Wildman–Crippen MR) is 73.4 cm³/mol. The Kier molecular flexibility index (Phi) is 3.62. The fourth-order valence-electron chi connectivity index (χ4n) is 1.50. The maximum absolute atomic E-state index is 10.9. The fraction of sp³-hybridized carbons (Fsp3) is 0.0769. The molecule has 0 aliphatic heterocycles. The zero-order chi connectivity index (χ0) is 13.1. The van der Waals surface area contributed by atoms with Crippen molar-refractivity contribution in [2.45, 2.75) is 6.92 Å². The average Bonchev–Trinajstić information content (AvgIpc) is 2.34. The van der Waals surface area contributed by atoms with E-state index < -0.39 is 5.97 Å². The Morgan fingerprint density at radius 2 is 2.11 bits per heavy atom. The molecule has 92 valence electrons. The van der Waals surface area contributed by atoms with Crippen molar-refractivity contribution in [1.82, 2.24) is 4.98 Å². The molecule has 2 aromatic rings. The molecule has 0 amide bonds. The lowest BCUT2D eigenvalue weighted by Crippen LogP contribution is -2.00. The summed E-state index contributed by atoms with van der Waals surface area (Å²) in [7, 11) is 0. The highest BCUT2D eigenvalue weighted by atomic mass is 79.9. The second kappa shape index (κ2) is 5.18. The number of anilines is 2.